The van der Waals surface area contributed by atoms with Gasteiger partial charge in [0.1, 0.15) is 5.75 Å². The van der Waals surface area contributed by atoms with Crippen LogP contribution in [0.2, 0.25) is 0 Å². The van der Waals surface area contributed by atoms with E-state index < -0.39 is 0 Å². The molecule has 0 spiro atoms. The van der Waals surface area contributed by atoms with E-state index in [0.717, 1.165) is 11.3 Å². The maximum Gasteiger partial charge on any atom is 0.319 e. The molecular formula is C20H25N3O3. The Labute approximate surface area is 153 Å². The van der Waals surface area contributed by atoms with Gasteiger partial charge in [-0.25, -0.2) is 4.79 Å². The first kappa shape index (κ1) is 19.3. The van der Waals surface area contributed by atoms with E-state index in [2.05, 4.69) is 16.0 Å². The van der Waals surface area contributed by atoms with Crippen LogP contribution in [0.15, 0.2) is 48.5 Å². The van der Waals surface area contributed by atoms with Gasteiger partial charge in [0.05, 0.1) is 7.11 Å². The number of benzene rings is 2. The molecule has 0 atom stereocenters. The zero-order valence-electron chi connectivity index (χ0n) is 15.3. The quantitative estimate of drug-likeness (QED) is 0.712. The van der Waals surface area contributed by atoms with Crippen LogP contribution in [0.5, 0.6) is 5.75 Å². The van der Waals surface area contributed by atoms with Gasteiger partial charge in [0.25, 0.3) is 5.91 Å². The molecule has 2 aromatic carbocycles. The molecule has 0 aliphatic heterocycles. The molecule has 6 nitrogen and oxygen atoms in total. The third kappa shape index (κ3) is 5.81. The van der Waals surface area contributed by atoms with E-state index >= 15 is 0 Å². The molecule has 0 saturated carbocycles. The molecule has 0 aliphatic rings. The zero-order chi connectivity index (χ0) is 18.9. The molecule has 0 aliphatic carbocycles. The summed E-state index contributed by atoms with van der Waals surface area (Å²) >= 11 is 0. The first-order valence-electron chi connectivity index (χ1n) is 8.54. The van der Waals surface area contributed by atoms with E-state index in [1.54, 1.807) is 31.4 Å². The van der Waals surface area contributed by atoms with Gasteiger partial charge >= 0.3 is 6.03 Å². The summed E-state index contributed by atoms with van der Waals surface area (Å²) in [6.07, 6.45) is 0. The molecule has 0 radical (unpaired) electrons. The van der Waals surface area contributed by atoms with Gasteiger partial charge in [-0.1, -0.05) is 32.0 Å². The van der Waals surface area contributed by atoms with E-state index in [1.165, 1.54) is 0 Å². The Morgan fingerprint density at radius 1 is 1.00 bits per heavy atom. The van der Waals surface area contributed by atoms with Crippen molar-refractivity contribution >= 4 is 17.6 Å². The lowest BCUT2D eigenvalue weighted by molar-refractivity contribution is 0.0949. The number of rotatable bonds is 7. The number of amides is 3. The van der Waals surface area contributed by atoms with Crippen LogP contribution in [0.4, 0.5) is 10.5 Å². The van der Waals surface area contributed by atoms with Crippen LogP contribution in [0.25, 0.3) is 0 Å². The Kier molecular flexibility index (Phi) is 7.02. The first-order chi connectivity index (χ1) is 12.5. The van der Waals surface area contributed by atoms with Gasteiger partial charge in [0.2, 0.25) is 0 Å². The molecule has 0 saturated heterocycles. The van der Waals surface area contributed by atoms with E-state index in [9.17, 15) is 9.59 Å². The standard InChI is InChI=1S/C20H25N3O3/c1-14(2)12-21-19(24)15-8-10-17(11-9-15)23-20(25)22-13-16-6-4-5-7-18(16)26-3/h4-11,14H,12-13H2,1-3H3,(H,21,24)(H2,22,23,25). The molecular weight excluding hydrogens is 330 g/mol. The van der Waals surface area contributed by atoms with Gasteiger partial charge in [-0.15, -0.1) is 0 Å². The number of carbonyl (C=O) groups excluding carboxylic acids is 2. The second kappa shape index (κ2) is 9.46. The lowest BCUT2D eigenvalue weighted by Crippen LogP contribution is -2.28. The minimum Gasteiger partial charge on any atom is -0.496 e. The van der Waals surface area contributed by atoms with Crippen molar-refractivity contribution in [3.05, 3.63) is 59.7 Å². The summed E-state index contributed by atoms with van der Waals surface area (Å²) in [4.78, 5) is 24.0. The topological polar surface area (TPSA) is 79.5 Å². The monoisotopic (exact) mass is 355 g/mol. The summed E-state index contributed by atoms with van der Waals surface area (Å²) in [5, 5.41) is 8.38. The fraction of sp³-hybridized carbons (Fsp3) is 0.300. The lowest BCUT2D eigenvalue weighted by Gasteiger charge is -2.11. The van der Waals surface area contributed by atoms with Gasteiger partial charge in [-0.05, 0) is 36.2 Å². The van der Waals surface area contributed by atoms with Gasteiger partial charge in [-0.3, -0.25) is 4.79 Å². The van der Waals surface area contributed by atoms with E-state index in [-0.39, 0.29) is 11.9 Å². The highest BCUT2D eigenvalue weighted by Crippen LogP contribution is 2.16. The molecule has 6 heteroatoms. The van der Waals surface area contributed by atoms with E-state index in [1.807, 2.05) is 38.1 Å². The van der Waals surface area contributed by atoms with E-state index in [4.69, 9.17) is 4.74 Å². The molecule has 0 unspecified atom stereocenters. The number of nitrogens with one attached hydrogen (secondary N) is 3. The highest BCUT2D eigenvalue weighted by atomic mass is 16.5. The van der Waals surface area contributed by atoms with Crippen LogP contribution < -0.4 is 20.7 Å². The van der Waals surface area contributed by atoms with E-state index in [0.29, 0.717) is 30.3 Å². The van der Waals surface area contributed by atoms with Crippen LogP contribution in [0.1, 0.15) is 29.8 Å². The highest BCUT2D eigenvalue weighted by molar-refractivity contribution is 5.95. The van der Waals surface area contributed by atoms with Gasteiger partial charge in [0.15, 0.2) is 0 Å². The maximum atomic E-state index is 12.0. The number of urea groups is 1. The van der Waals surface area contributed by atoms with Crippen LogP contribution in [-0.4, -0.2) is 25.6 Å². The van der Waals surface area contributed by atoms with Crippen molar-refractivity contribution in [3.63, 3.8) is 0 Å². The van der Waals surface area contributed by atoms with Crippen molar-refractivity contribution < 1.29 is 14.3 Å². The SMILES string of the molecule is COc1ccccc1CNC(=O)Nc1ccc(C(=O)NCC(C)C)cc1. The van der Waals surface area contributed by atoms with Crippen molar-refractivity contribution in [1.82, 2.24) is 10.6 Å². The average molecular weight is 355 g/mol. The molecule has 0 aromatic heterocycles. The summed E-state index contributed by atoms with van der Waals surface area (Å²) in [7, 11) is 1.60. The van der Waals surface area contributed by atoms with Crippen molar-refractivity contribution in [1.29, 1.82) is 0 Å². The fourth-order valence-corrected chi connectivity index (χ4v) is 2.30. The van der Waals surface area contributed by atoms with Crippen molar-refractivity contribution in [2.24, 2.45) is 5.92 Å². The normalized spacial score (nSPS) is 10.3. The zero-order valence-corrected chi connectivity index (χ0v) is 15.3. The predicted octanol–water partition coefficient (Wildman–Crippen LogP) is 3.40. The second-order valence-electron chi connectivity index (χ2n) is 6.30. The Hall–Kier alpha value is -3.02. The number of hydrogen-bond acceptors (Lipinski definition) is 3. The summed E-state index contributed by atoms with van der Waals surface area (Å²) in [5.41, 5.74) is 2.07. The summed E-state index contributed by atoms with van der Waals surface area (Å²) in [6, 6.07) is 14.0. The Morgan fingerprint density at radius 3 is 2.35 bits per heavy atom. The van der Waals surface area contributed by atoms with Crippen LogP contribution in [-0.2, 0) is 6.54 Å². The third-order valence-corrected chi connectivity index (χ3v) is 3.71. The lowest BCUT2D eigenvalue weighted by atomic mass is 10.1. The van der Waals surface area contributed by atoms with Gasteiger partial charge in [-0.2, -0.15) is 0 Å². The van der Waals surface area contributed by atoms with Crippen molar-refractivity contribution in [3.8, 4) is 5.75 Å². The summed E-state index contributed by atoms with van der Waals surface area (Å²) < 4.78 is 5.26. The maximum absolute atomic E-state index is 12.0. The minimum atomic E-state index is -0.326. The van der Waals surface area contributed by atoms with Crippen molar-refractivity contribution in [2.45, 2.75) is 20.4 Å². The molecule has 2 aromatic rings. The number of carbonyl (C=O) groups is 2. The number of ether oxygens (including phenoxy) is 1. The molecule has 0 fully saturated rings. The van der Waals surface area contributed by atoms with Crippen LogP contribution >= 0.6 is 0 Å². The Bertz CT molecular complexity index is 742. The summed E-state index contributed by atoms with van der Waals surface area (Å²) in [6.45, 7) is 5.06. The smallest absolute Gasteiger partial charge is 0.319 e. The molecule has 0 heterocycles. The molecule has 138 valence electrons. The second-order valence-corrected chi connectivity index (χ2v) is 6.30. The van der Waals surface area contributed by atoms with Gasteiger partial charge in [0, 0.05) is 29.9 Å². The highest BCUT2D eigenvalue weighted by Gasteiger charge is 2.08. The van der Waals surface area contributed by atoms with Crippen LogP contribution in [0, 0.1) is 5.92 Å². The molecule has 3 amide bonds. The number of para-hydroxylation sites is 1. The largest absolute Gasteiger partial charge is 0.496 e. The Morgan fingerprint density at radius 2 is 1.69 bits per heavy atom. The van der Waals surface area contributed by atoms with Crippen LogP contribution in [0.3, 0.4) is 0 Å². The predicted molar refractivity (Wildman–Crippen MR) is 102 cm³/mol. The minimum absolute atomic E-state index is 0.120. The van der Waals surface area contributed by atoms with Crippen molar-refractivity contribution in [2.75, 3.05) is 19.0 Å². The first-order valence-corrected chi connectivity index (χ1v) is 8.54. The number of hydrogen-bond donors (Lipinski definition) is 3. The number of methoxy groups -OCH3 is 1. The molecule has 3 N–H and O–H groups in total. The molecule has 26 heavy (non-hydrogen) atoms. The average Bonchev–Trinajstić information content (AvgIpc) is 2.65. The third-order valence-electron chi connectivity index (χ3n) is 3.71. The fourth-order valence-electron chi connectivity index (χ4n) is 2.30. The molecule has 2 rings (SSSR count). The number of anilines is 1. The molecule has 0 bridgehead atoms. The van der Waals surface area contributed by atoms with Gasteiger partial charge < -0.3 is 20.7 Å². The summed E-state index contributed by atoms with van der Waals surface area (Å²) in [5.74, 6) is 1.00. The Balaban J connectivity index is 1.86.